The number of hydrogen-bond donors (Lipinski definition) is 2. The second-order valence-corrected chi connectivity index (χ2v) is 8.88. The van der Waals surface area contributed by atoms with Gasteiger partial charge in [-0.3, -0.25) is 9.67 Å². The van der Waals surface area contributed by atoms with Crippen molar-refractivity contribution in [2.24, 2.45) is 12.0 Å². The lowest BCUT2D eigenvalue weighted by molar-refractivity contribution is 0.312. The Labute approximate surface area is 191 Å². The molecule has 1 saturated heterocycles. The van der Waals surface area contributed by atoms with Crippen LogP contribution in [0.1, 0.15) is 29.4 Å². The highest BCUT2D eigenvalue weighted by Crippen LogP contribution is 2.28. The van der Waals surface area contributed by atoms with Crippen LogP contribution in [0.3, 0.4) is 0 Å². The Morgan fingerprint density at radius 1 is 1.16 bits per heavy atom. The molecule has 1 aromatic heterocycles. The number of aliphatic imine (C=N–C) groups is 1. The Bertz CT molecular complexity index is 913. The number of halogens is 1. The van der Waals surface area contributed by atoms with E-state index in [1.807, 2.05) is 23.9 Å². The van der Waals surface area contributed by atoms with Gasteiger partial charge >= 0.3 is 0 Å². The zero-order valence-electron chi connectivity index (χ0n) is 19.7. The first-order valence-electron chi connectivity index (χ1n) is 11.0. The molecule has 1 fully saturated rings. The van der Waals surface area contributed by atoms with Crippen molar-refractivity contribution in [3.05, 3.63) is 45.7 Å². The molecule has 0 radical (unpaired) electrons. The van der Waals surface area contributed by atoms with E-state index in [2.05, 4.69) is 64.4 Å². The van der Waals surface area contributed by atoms with Crippen molar-refractivity contribution in [3.63, 3.8) is 0 Å². The Morgan fingerprint density at radius 3 is 2.48 bits per heavy atom. The van der Waals surface area contributed by atoms with Gasteiger partial charge < -0.3 is 20.4 Å². The maximum atomic E-state index is 6.61. The van der Waals surface area contributed by atoms with Gasteiger partial charge in [0, 0.05) is 74.8 Å². The molecule has 0 spiro atoms. The topological polar surface area (TPSA) is 60.7 Å². The number of rotatable bonds is 6. The first-order valence-corrected chi connectivity index (χ1v) is 11.3. The summed E-state index contributed by atoms with van der Waals surface area (Å²) in [4.78, 5) is 9.21. The van der Waals surface area contributed by atoms with Crippen LogP contribution in [0.5, 0.6) is 0 Å². The molecule has 2 heterocycles. The van der Waals surface area contributed by atoms with Crippen LogP contribution < -0.4 is 15.5 Å². The molecule has 2 aromatic rings. The van der Waals surface area contributed by atoms with E-state index in [1.165, 1.54) is 16.9 Å². The number of piperazine rings is 1. The van der Waals surface area contributed by atoms with Crippen LogP contribution in [-0.4, -0.2) is 67.0 Å². The number of benzene rings is 1. The molecule has 31 heavy (non-hydrogen) atoms. The summed E-state index contributed by atoms with van der Waals surface area (Å²) in [5.41, 5.74) is 5.91. The number of anilines is 1. The number of aromatic nitrogens is 2. The number of hydrogen-bond acceptors (Lipinski definition) is 4. The molecule has 1 aliphatic rings. The molecule has 0 aliphatic carbocycles. The van der Waals surface area contributed by atoms with Crippen molar-refractivity contribution in [2.75, 3.05) is 45.2 Å². The van der Waals surface area contributed by atoms with Crippen LogP contribution in [-0.2, 0) is 20.0 Å². The highest BCUT2D eigenvalue weighted by molar-refractivity contribution is 6.31. The molecule has 8 heteroatoms. The molecule has 3 rings (SSSR count). The number of likely N-dealkylation sites (N-methyl/N-ethyl adjacent to an activating group) is 1. The van der Waals surface area contributed by atoms with Crippen molar-refractivity contribution >= 4 is 23.2 Å². The minimum Gasteiger partial charge on any atom is -0.369 e. The van der Waals surface area contributed by atoms with Crippen molar-refractivity contribution in [3.8, 4) is 0 Å². The van der Waals surface area contributed by atoms with Gasteiger partial charge in [0.25, 0.3) is 0 Å². The molecule has 0 amide bonds. The number of nitrogens with zero attached hydrogens (tertiary/aromatic N) is 5. The second-order valence-electron chi connectivity index (χ2n) is 8.48. The Kier molecular flexibility index (Phi) is 7.84. The Balaban J connectivity index is 1.64. The molecule has 1 atom stereocenters. The fraction of sp³-hybridized carbons (Fsp3) is 0.565. The Morgan fingerprint density at radius 2 is 1.87 bits per heavy atom. The average Bonchev–Trinajstić information content (AvgIpc) is 2.98. The molecule has 0 bridgehead atoms. The predicted molar refractivity (Wildman–Crippen MR) is 130 cm³/mol. The summed E-state index contributed by atoms with van der Waals surface area (Å²) in [5, 5.41) is 12.3. The smallest absolute Gasteiger partial charge is 0.191 e. The zero-order chi connectivity index (χ0) is 22.5. The lowest BCUT2D eigenvalue weighted by Crippen LogP contribution is -2.45. The summed E-state index contributed by atoms with van der Waals surface area (Å²) in [6, 6.07) is 6.38. The van der Waals surface area contributed by atoms with E-state index >= 15 is 0 Å². The maximum Gasteiger partial charge on any atom is 0.191 e. The first kappa shape index (κ1) is 23.4. The molecular weight excluding hydrogens is 410 g/mol. The molecule has 2 N–H and O–H groups in total. The highest BCUT2D eigenvalue weighted by Gasteiger charge is 2.19. The lowest BCUT2D eigenvalue weighted by atomic mass is 10.1. The largest absolute Gasteiger partial charge is 0.369 e. The van der Waals surface area contributed by atoms with Crippen LogP contribution >= 0.6 is 11.6 Å². The molecule has 1 aliphatic heterocycles. The summed E-state index contributed by atoms with van der Waals surface area (Å²) < 4.78 is 1.95. The molecule has 0 saturated carbocycles. The SMILES string of the molecule is CN=C(NCc1c(Cl)cccc1N1CCN(C)CC1)NC(C)Cc1c(C)nn(C)c1C. The van der Waals surface area contributed by atoms with E-state index in [9.17, 15) is 0 Å². The quantitative estimate of drug-likeness (QED) is 0.528. The van der Waals surface area contributed by atoms with Crippen LogP contribution in [0, 0.1) is 13.8 Å². The first-order chi connectivity index (χ1) is 14.8. The zero-order valence-corrected chi connectivity index (χ0v) is 20.4. The second kappa shape index (κ2) is 10.4. The summed E-state index contributed by atoms with van der Waals surface area (Å²) in [6.07, 6.45) is 0.894. The monoisotopic (exact) mass is 445 g/mol. The molecule has 7 nitrogen and oxygen atoms in total. The van der Waals surface area contributed by atoms with E-state index in [4.69, 9.17) is 11.6 Å². The third-order valence-electron chi connectivity index (χ3n) is 6.15. The molecule has 1 aromatic carbocycles. The van der Waals surface area contributed by atoms with E-state index < -0.39 is 0 Å². The third kappa shape index (κ3) is 5.71. The maximum absolute atomic E-state index is 6.61. The van der Waals surface area contributed by atoms with Crippen molar-refractivity contribution in [2.45, 2.75) is 39.8 Å². The van der Waals surface area contributed by atoms with E-state index in [1.54, 1.807) is 7.05 Å². The van der Waals surface area contributed by atoms with Gasteiger partial charge in [0.05, 0.1) is 5.69 Å². The number of nitrogens with one attached hydrogen (secondary N) is 2. The van der Waals surface area contributed by atoms with Crippen molar-refractivity contribution < 1.29 is 0 Å². The lowest BCUT2D eigenvalue weighted by Gasteiger charge is -2.35. The van der Waals surface area contributed by atoms with Gasteiger partial charge in [-0.1, -0.05) is 17.7 Å². The van der Waals surface area contributed by atoms with Gasteiger partial charge in [0.2, 0.25) is 0 Å². The number of guanidine groups is 1. The summed E-state index contributed by atoms with van der Waals surface area (Å²) in [6.45, 7) is 11.1. The average molecular weight is 446 g/mol. The standard InChI is InChI=1S/C23H36ClN7/c1-16(14-19-17(2)28-30(6)18(19)3)27-23(25-4)26-15-20-21(24)8-7-9-22(20)31-12-10-29(5)11-13-31/h7-9,16H,10-15H2,1-6H3,(H2,25,26,27). The van der Waals surface area contributed by atoms with Crippen LogP contribution in [0.4, 0.5) is 5.69 Å². The van der Waals surface area contributed by atoms with Gasteiger partial charge in [0.15, 0.2) is 5.96 Å². The predicted octanol–water partition coefficient (Wildman–Crippen LogP) is 2.74. The van der Waals surface area contributed by atoms with Crippen LogP contribution in [0.15, 0.2) is 23.2 Å². The summed E-state index contributed by atoms with van der Waals surface area (Å²) >= 11 is 6.61. The molecule has 1 unspecified atom stereocenters. The highest BCUT2D eigenvalue weighted by atomic mass is 35.5. The van der Waals surface area contributed by atoms with Gasteiger partial charge in [-0.05, 0) is 51.9 Å². The minimum absolute atomic E-state index is 0.219. The minimum atomic E-state index is 0.219. The summed E-state index contributed by atoms with van der Waals surface area (Å²) in [5.74, 6) is 0.774. The van der Waals surface area contributed by atoms with Crippen LogP contribution in [0.2, 0.25) is 5.02 Å². The third-order valence-corrected chi connectivity index (χ3v) is 6.50. The van der Waals surface area contributed by atoms with E-state index in [0.717, 1.165) is 54.8 Å². The van der Waals surface area contributed by atoms with Gasteiger partial charge in [0.1, 0.15) is 0 Å². The van der Waals surface area contributed by atoms with Gasteiger partial charge in [-0.25, -0.2) is 0 Å². The Hall–Kier alpha value is -2.25. The fourth-order valence-corrected chi connectivity index (χ4v) is 4.37. The van der Waals surface area contributed by atoms with Crippen molar-refractivity contribution in [1.82, 2.24) is 25.3 Å². The van der Waals surface area contributed by atoms with E-state index in [-0.39, 0.29) is 6.04 Å². The molecule has 170 valence electrons. The van der Waals surface area contributed by atoms with Crippen LogP contribution in [0.25, 0.3) is 0 Å². The van der Waals surface area contributed by atoms with Gasteiger partial charge in [-0.2, -0.15) is 5.10 Å². The normalized spacial score (nSPS) is 16.5. The number of aryl methyl sites for hydroxylation is 2. The van der Waals surface area contributed by atoms with Crippen molar-refractivity contribution in [1.29, 1.82) is 0 Å². The molecular formula is C23H36ClN7. The fourth-order valence-electron chi connectivity index (χ4n) is 4.14. The van der Waals surface area contributed by atoms with Gasteiger partial charge in [-0.15, -0.1) is 0 Å². The summed E-state index contributed by atoms with van der Waals surface area (Å²) in [7, 11) is 5.96. The van der Waals surface area contributed by atoms with E-state index in [0.29, 0.717) is 6.54 Å².